The van der Waals surface area contributed by atoms with E-state index in [4.69, 9.17) is 0 Å². The maximum absolute atomic E-state index is 4.64. The number of aryl methyl sites for hydroxylation is 1. The molecule has 0 aliphatic heterocycles. The minimum Gasteiger partial charge on any atom is -0.370 e. The van der Waals surface area contributed by atoms with E-state index in [-0.39, 0.29) is 0 Å². The van der Waals surface area contributed by atoms with Gasteiger partial charge in [0.05, 0.1) is 0 Å². The lowest BCUT2D eigenvalue weighted by atomic mass is 10.2. The second-order valence-corrected chi connectivity index (χ2v) is 6.22. The highest BCUT2D eigenvalue weighted by Crippen LogP contribution is 2.25. The molecule has 0 aliphatic rings. The molecule has 0 saturated carbocycles. The Morgan fingerprint density at radius 2 is 2.00 bits per heavy atom. The summed E-state index contributed by atoms with van der Waals surface area (Å²) >= 11 is 1.89. The number of thioether (sulfide) groups is 1. The van der Waals surface area contributed by atoms with E-state index in [1.807, 2.05) is 18.7 Å². The monoisotopic (exact) mass is 296 g/mol. The zero-order chi connectivity index (χ0) is 15.1. The molecule has 1 atom stereocenters. The maximum atomic E-state index is 4.64. The summed E-state index contributed by atoms with van der Waals surface area (Å²) in [5, 5.41) is 3.40. The number of hydrogen-bond donors (Lipinski definition) is 1. The zero-order valence-corrected chi connectivity index (χ0v) is 14.5. The first-order valence-corrected chi connectivity index (χ1v) is 8.71. The van der Waals surface area contributed by atoms with Crippen LogP contribution in [0.15, 0.2) is 0 Å². The lowest BCUT2D eigenvalue weighted by Crippen LogP contribution is -2.31. The second-order valence-electron chi connectivity index (χ2n) is 5.24. The van der Waals surface area contributed by atoms with Crippen molar-refractivity contribution in [3.8, 4) is 0 Å². The van der Waals surface area contributed by atoms with E-state index in [2.05, 4.69) is 54.3 Å². The lowest BCUT2D eigenvalue weighted by molar-refractivity contribution is 0.658. The van der Waals surface area contributed by atoms with E-state index in [0.29, 0.717) is 6.04 Å². The summed E-state index contributed by atoms with van der Waals surface area (Å²) in [7, 11) is 2.13. The van der Waals surface area contributed by atoms with E-state index in [9.17, 15) is 0 Å². The van der Waals surface area contributed by atoms with Gasteiger partial charge in [0.1, 0.15) is 17.5 Å². The highest BCUT2D eigenvalue weighted by atomic mass is 32.2. The second kappa shape index (κ2) is 8.35. The van der Waals surface area contributed by atoms with Crippen LogP contribution in [0.1, 0.15) is 38.1 Å². The van der Waals surface area contributed by atoms with Crippen LogP contribution in [0, 0.1) is 13.8 Å². The van der Waals surface area contributed by atoms with Gasteiger partial charge in [-0.2, -0.15) is 11.8 Å². The summed E-state index contributed by atoms with van der Waals surface area (Å²) in [6.45, 7) is 9.42. The van der Waals surface area contributed by atoms with Crippen LogP contribution in [-0.4, -0.2) is 41.6 Å². The van der Waals surface area contributed by atoms with Crippen molar-refractivity contribution in [2.75, 3.05) is 35.8 Å². The van der Waals surface area contributed by atoms with Crippen LogP contribution in [0.2, 0.25) is 0 Å². The molecule has 20 heavy (non-hydrogen) atoms. The van der Waals surface area contributed by atoms with E-state index < -0.39 is 0 Å². The van der Waals surface area contributed by atoms with Crippen LogP contribution < -0.4 is 10.2 Å². The number of anilines is 2. The maximum Gasteiger partial charge on any atom is 0.137 e. The van der Waals surface area contributed by atoms with Crippen LogP contribution in [0.4, 0.5) is 11.6 Å². The van der Waals surface area contributed by atoms with Crippen LogP contribution in [0.5, 0.6) is 0 Å². The minimum atomic E-state index is 0.481. The highest BCUT2D eigenvalue weighted by molar-refractivity contribution is 7.98. The van der Waals surface area contributed by atoms with Gasteiger partial charge in [0, 0.05) is 25.2 Å². The van der Waals surface area contributed by atoms with Gasteiger partial charge in [-0.3, -0.25) is 0 Å². The number of hydrogen-bond acceptors (Lipinski definition) is 5. The molecule has 0 fully saturated rings. The fourth-order valence-corrected chi connectivity index (χ4v) is 2.64. The molecule has 0 spiro atoms. The molecule has 114 valence electrons. The van der Waals surface area contributed by atoms with Crippen molar-refractivity contribution in [3.05, 3.63) is 11.4 Å². The standard InChI is InChI=1S/C15H28N4S/c1-7-9-16-14-12(3)15(18-13(4)17-14)19(5)11(2)8-10-20-6/h11H,7-10H2,1-6H3,(H,16,17,18). The normalized spacial score (nSPS) is 12.3. The van der Waals surface area contributed by atoms with Crippen LogP contribution in [0.3, 0.4) is 0 Å². The molecular weight excluding hydrogens is 268 g/mol. The summed E-state index contributed by atoms with van der Waals surface area (Å²) in [6, 6.07) is 0.481. The Kier molecular flexibility index (Phi) is 7.13. The summed E-state index contributed by atoms with van der Waals surface area (Å²) in [5.41, 5.74) is 1.14. The van der Waals surface area contributed by atoms with Gasteiger partial charge in [-0.15, -0.1) is 0 Å². The molecular formula is C15H28N4S. The van der Waals surface area contributed by atoms with E-state index >= 15 is 0 Å². The number of rotatable bonds is 8. The summed E-state index contributed by atoms with van der Waals surface area (Å²) in [5.74, 6) is 4.02. The molecule has 0 radical (unpaired) electrons. The predicted octanol–water partition coefficient (Wildman–Crippen LogP) is 3.49. The van der Waals surface area contributed by atoms with Gasteiger partial charge in [0.15, 0.2) is 0 Å². The van der Waals surface area contributed by atoms with Crippen molar-refractivity contribution in [2.24, 2.45) is 0 Å². The number of nitrogens with one attached hydrogen (secondary N) is 1. The van der Waals surface area contributed by atoms with Gasteiger partial charge in [-0.25, -0.2) is 9.97 Å². The van der Waals surface area contributed by atoms with Crippen LogP contribution >= 0.6 is 11.8 Å². The predicted molar refractivity (Wildman–Crippen MR) is 91.2 cm³/mol. The van der Waals surface area contributed by atoms with Crippen molar-refractivity contribution >= 4 is 23.4 Å². The molecule has 0 bridgehead atoms. The zero-order valence-electron chi connectivity index (χ0n) is 13.7. The Labute approximate surface area is 127 Å². The van der Waals surface area contributed by atoms with Crippen molar-refractivity contribution in [2.45, 2.75) is 46.6 Å². The molecule has 0 aliphatic carbocycles. The molecule has 1 N–H and O–H groups in total. The quantitative estimate of drug-likeness (QED) is 0.795. The smallest absolute Gasteiger partial charge is 0.137 e. The van der Waals surface area contributed by atoms with E-state index in [1.54, 1.807) is 0 Å². The largest absolute Gasteiger partial charge is 0.370 e. The average Bonchev–Trinajstić information content (AvgIpc) is 2.44. The molecule has 1 aromatic heterocycles. The van der Waals surface area contributed by atoms with Crippen LogP contribution in [0.25, 0.3) is 0 Å². The first kappa shape index (κ1) is 17.1. The molecule has 1 heterocycles. The lowest BCUT2D eigenvalue weighted by Gasteiger charge is -2.28. The fourth-order valence-electron chi connectivity index (χ4n) is 2.06. The Balaban J connectivity index is 2.95. The summed E-state index contributed by atoms with van der Waals surface area (Å²) < 4.78 is 0. The van der Waals surface area contributed by atoms with E-state index in [0.717, 1.165) is 42.4 Å². The third-order valence-electron chi connectivity index (χ3n) is 3.51. The van der Waals surface area contributed by atoms with Gasteiger partial charge < -0.3 is 10.2 Å². The average molecular weight is 296 g/mol. The SMILES string of the molecule is CCCNc1nc(C)nc(N(C)C(C)CCSC)c1C. The van der Waals surface area contributed by atoms with Gasteiger partial charge in [0.25, 0.3) is 0 Å². The molecule has 4 nitrogen and oxygen atoms in total. The molecule has 0 amide bonds. The Hall–Kier alpha value is -0.970. The van der Waals surface area contributed by atoms with E-state index in [1.165, 1.54) is 5.75 Å². The molecule has 1 aromatic rings. The van der Waals surface area contributed by atoms with Gasteiger partial charge >= 0.3 is 0 Å². The van der Waals surface area contributed by atoms with Gasteiger partial charge in [0.2, 0.25) is 0 Å². The van der Waals surface area contributed by atoms with Crippen molar-refractivity contribution < 1.29 is 0 Å². The van der Waals surface area contributed by atoms with Crippen molar-refractivity contribution in [3.63, 3.8) is 0 Å². The van der Waals surface area contributed by atoms with Gasteiger partial charge in [-0.1, -0.05) is 6.92 Å². The third kappa shape index (κ3) is 4.54. The first-order chi connectivity index (χ1) is 9.51. The minimum absolute atomic E-state index is 0.481. The highest BCUT2D eigenvalue weighted by Gasteiger charge is 2.16. The Bertz CT molecular complexity index is 423. The summed E-state index contributed by atoms with van der Waals surface area (Å²) in [6.07, 6.45) is 4.41. The fraction of sp³-hybridized carbons (Fsp3) is 0.733. The Morgan fingerprint density at radius 3 is 2.60 bits per heavy atom. The summed E-state index contributed by atoms with van der Waals surface area (Å²) in [4.78, 5) is 11.4. The Morgan fingerprint density at radius 1 is 1.30 bits per heavy atom. The topological polar surface area (TPSA) is 41.1 Å². The van der Waals surface area contributed by atoms with Crippen LogP contribution in [-0.2, 0) is 0 Å². The molecule has 0 aromatic carbocycles. The van der Waals surface area contributed by atoms with Crippen molar-refractivity contribution in [1.82, 2.24) is 9.97 Å². The number of aromatic nitrogens is 2. The first-order valence-electron chi connectivity index (χ1n) is 7.32. The molecule has 5 heteroatoms. The molecule has 1 unspecified atom stereocenters. The molecule has 1 rings (SSSR count). The van der Waals surface area contributed by atoms with Gasteiger partial charge in [-0.05, 0) is 45.6 Å². The molecule has 0 saturated heterocycles. The number of nitrogens with zero attached hydrogens (tertiary/aromatic N) is 3. The third-order valence-corrected chi connectivity index (χ3v) is 4.15. The van der Waals surface area contributed by atoms with Crippen molar-refractivity contribution in [1.29, 1.82) is 0 Å².